The minimum atomic E-state index is -2.94. The predicted molar refractivity (Wildman–Crippen MR) is 209 cm³/mol. The molecular weight excluding hydrogens is 744 g/mol. The summed E-state index contributed by atoms with van der Waals surface area (Å²) in [6, 6.07) is -0.913. The lowest BCUT2D eigenvalue weighted by atomic mass is 9.37. The number of ether oxygens (including phenoxy) is 3. The Balaban J connectivity index is 1.19. The van der Waals surface area contributed by atoms with E-state index in [2.05, 4.69) is 24.1 Å². The molecule has 3 saturated heterocycles. The third-order valence-electron chi connectivity index (χ3n) is 17.9. The van der Waals surface area contributed by atoms with E-state index >= 15 is 0 Å². The summed E-state index contributed by atoms with van der Waals surface area (Å²) in [7, 11) is 1.67. The monoisotopic (exact) mass is 810 g/mol. The maximum Gasteiger partial charge on any atom is 0.240 e. The van der Waals surface area contributed by atoms with Crippen LogP contribution < -0.4 is 5.32 Å². The van der Waals surface area contributed by atoms with Crippen LogP contribution in [0.3, 0.4) is 0 Å². The van der Waals surface area contributed by atoms with Crippen molar-refractivity contribution in [1.82, 2.24) is 10.2 Å². The van der Waals surface area contributed by atoms with E-state index in [1.807, 2.05) is 0 Å². The van der Waals surface area contributed by atoms with Gasteiger partial charge in [0.25, 0.3) is 0 Å². The molecule has 322 valence electrons. The Labute approximate surface area is 342 Å². The summed E-state index contributed by atoms with van der Waals surface area (Å²) in [6.07, 6.45) is 7.18. The van der Waals surface area contributed by atoms with Crippen LogP contribution in [-0.4, -0.2) is 134 Å². The fourth-order valence-corrected chi connectivity index (χ4v) is 14.8. The first-order chi connectivity index (χ1) is 27.6. The number of methoxy groups -OCH3 is 1. The van der Waals surface area contributed by atoms with E-state index in [-0.39, 0.29) is 54.9 Å². The van der Waals surface area contributed by atoms with Crippen molar-refractivity contribution in [2.24, 2.45) is 45.8 Å². The van der Waals surface area contributed by atoms with E-state index in [1.165, 1.54) is 6.92 Å². The highest BCUT2D eigenvalue weighted by molar-refractivity contribution is 5.96. The minimum absolute atomic E-state index is 0.0410. The second-order valence-corrected chi connectivity index (χ2v) is 20.2. The zero-order valence-corrected chi connectivity index (χ0v) is 34.5. The number of nitrogens with one attached hydrogen (secondary N) is 1. The first kappa shape index (κ1) is 41.4. The summed E-state index contributed by atoms with van der Waals surface area (Å²) in [5.41, 5.74) is -5.81. The minimum Gasteiger partial charge on any atom is -0.396 e. The Morgan fingerprint density at radius 3 is 2.50 bits per heavy atom. The normalized spacial score (nSPS) is 49.6. The zero-order chi connectivity index (χ0) is 41.0. The van der Waals surface area contributed by atoms with Gasteiger partial charge in [0.2, 0.25) is 11.7 Å². The molecule has 0 aromatic rings. The second-order valence-electron chi connectivity index (χ2n) is 20.2. The summed E-state index contributed by atoms with van der Waals surface area (Å²) >= 11 is 0. The molecular formula is C45H66N2O11. The van der Waals surface area contributed by atoms with Crippen molar-refractivity contribution in [2.75, 3.05) is 33.5 Å². The van der Waals surface area contributed by atoms with Crippen molar-refractivity contribution in [3.05, 3.63) is 11.6 Å². The van der Waals surface area contributed by atoms with E-state index in [9.17, 15) is 40.2 Å². The van der Waals surface area contributed by atoms with Crippen molar-refractivity contribution in [1.29, 1.82) is 0 Å². The average Bonchev–Trinajstić information content (AvgIpc) is 3.74. The number of fused-ring (bicyclic) bond motifs is 4. The highest BCUT2D eigenvalue weighted by atomic mass is 16.6. The van der Waals surface area contributed by atoms with Crippen molar-refractivity contribution >= 4 is 11.7 Å². The van der Waals surface area contributed by atoms with Gasteiger partial charge in [-0.2, -0.15) is 0 Å². The van der Waals surface area contributed by atoms with Crippen molar-refractivity contribution in [3.63, 3.8) is 0 Å². The maximum absolute atomic E-state index is 14.7. The summed E-state index contributed by atoms with van der Waals surface area (Å²) in [6.45, 7) is 4.74. The molecule has 0 unspecified atom stereocenters. The Hall–Kier alpha value is -1.96. The number of ketones is 1. The summed E-state index contributed by atoms with van der Waals surface area (Å²) < 4.78 is 17.9. The molecule has 1 amide bonds. The molecule has 4 saturated carbocycles. The van der Waals surface area contributed by atoms with Crippen LogP contribution in [0.25, 0.3) is 0 Å². The van der Waals surface area contributed by atoms with Crippen LogP contribution in [0.15, 0.2) is 11.6 Å². The maximum atomic E-state index is 14.7. The molecule has 0 aromatic carbocycles. The quantitative estimate of drug-likeness (QED) is 0.0856. The number of allylic oxidation sites excluding steroid dienone is 1. The lowest BCUT2D eigenvalue weighted by molar-refractivity contribution is -0.349. The Kier molecular flexibility index (Phi) is 10.4. The number of aliphatic hydroxyl groups is 6. The van der Waals surface area contributed by atoms with E-state index < -0.39 is 82.1 Å². The SMILES string of the molecule is COCCCO[C@H]1CC[C@@]2(C)[C@@H](C1)C(=O)C=C1[C@]3(O)CC[C@@H]4[C@](C)(O)C(O)(O)[C@H]5O[C@@H]6[C@H](C[C@@H](N[C@H]6O)C(=O)N6C[C@H]6CC#C[C@]12CC[C@]43C1CCCCC1)[C@H]5CO. The van der Waals surface area contributed by atoms with E-state index in [1.54, 1.807) is 18.1 Å². The number of hydrogen-bond donors (Lipinski definition) is 7. The van der Waals surface area contributed by atoms with Crippen molar-refractivity contribution in [3.8, 4) is 11.8 Å². The van der Waals surface area contributed by atoms with Gasteiger partial charge in [0.15, 0.2) is 5.78 Å². The van der Waals surface area contributed by atoms with Gasteiger partial charge in [-0.15, -0.1) is 5.92 Å². The number of hydrogen-bond acceptors (Lipinski definition) is 12. The Bertz CT molecular complexity index is 1730. The fraction of sp³-hybridized carbons (Fsp3) is 0.867. The highest BCUT2D eigenvalue weighted by Gasteiger charge is 2.78. The number of rotatable bonds is 7. The average molecular weight is 811 g/mol. The van der Waals surface area contributed by atoms with Gasteiger partial charge in [-0.3, -0.25) is 14.9 Å². The molecule has 7 fully saturated rings. The molecule has 5 aliphatic heterocycles. The van der Waals surface area contributed by atoms with E-state index in [0.717, 1.165) is 44.9 Å². The van der Waals surface area contributed by atoms with Gasteiger partial charge in [0.05, 0.1) is 29.2 Å². The molecule has 13 heteroatoms. The molecule has 10 rings (SSSR count). The number of aliphatic hydroxyl groups excluding tert-OH is 2. The van der Waals surface area contributed by atoms with Gasteiger partial charge in [-0.05, 0) is 106 Å². The predicted octanol–water partition coefficient (Wildman–Crippen LogP) is 1.93. The number of carbonyl (C=O) groups excluding carboxylic acids is 2. The Morgan fingerprint density at radius 1 is 0.983 bits per heavy atom. The zero-order valence-electron chi connectivity index (χ0n) is 34.5. The van der Waals surface area contributed by atoms with Crippen molar-refractivity contribution in [2.45, 2.75) is 164 Å². The summed E-state index contributed by atoms with van der Waals surface area (Å²) in [5.74, 6) is 1.34. The second kappa shape index (κ2) is 14.6. The molecule has 15 atom stereocenters. The summed E-state index contributed by atoms with van der Waals surface area (Å²) in [4.78, 5) is 30.4. The molecule has 13 nitrogen and oxygen atoms in total. The number of amides is 1. The van der Waals surface area contributed by atoms with Gasteiger partial charge < -0.3 is 49.7 Å². The van der Waals surface area contributed by atoms with Crippen LogP contribution in [0.5, 0.6) is 0 Å². The van der Waals surface area contributed by atoms with Gasteiger partial charge in [-0.1, -0.05) is 32.1 Å². The lowest BCUT2D eigenvalue weighted by Crippen LogP contribution is -2.71. The van der Waals surface area contributed by atoms with Crippen molar-refractivity contribution < 1.29 is 54.4 Å². The van der Waals surface area contributed by atoms with E-state index in [0.29, 0.717) is 57.4 Å². The van der Waals surface area contributed by atoms with Crippen LogP contribution in [-0.2, 0) is 23.8 Å². The fourth-order valence-electron chi connectivity index (χ4n) is 14.8. The largest absolute Gasteiger partial charge is 0.396 e. The molecule has 58 heavy (non-hydrogen) atoms. The van der Waals surface area contributed by atoms with Gasteiger partial charge in [0.1, 0.15) is 24.0 Å². The third-order valence-corrected chi connectivity index (χ3v) is 17.9. The first-order valence-electron chi connectivity index (χ1n) is 22.4. The van der Waals surface area contributed by atoms with Gasteiger partial charge in [-0.25, -0.2) is 0 Å². The smallest absolute Gasteiger partial charge is 0.240 e. The lowest BCUT2D eigenvalue weighted by Gasteiger charge is -2.67. The van der Waals surface area contributed by atoms with E-state index in [4.69, 9.17) is 14.2 Å². The number of piperidine rings is 1. The standard InChI is InChI=1S/C45H66N2O11/c1-40-15-12-28(57-20-8-19-56-3)21-31(40)33(49)23-35-42(40)14-7-11-27-24-47(27)39(51)32-22-29-30(25-48)37(58-36(29)38(50)46-32)45(54,55)41(2,52)34-13-16-44(35,53)43(34,18-17-42)26-9-5-4-6-10-26/h23,26-32,34,36-38,46,48,50,52-55H,4-6,8-13,15-22,24-25H2,1-3H3/t27-,28+,29-,30-,31+,32-,34-,36-,37+,38+,40+,41+,42+,43+,44-,47?/m1/s1. The molecule has 0 aromatic heterocycles. The number of carbonyl (C=O) groups is 2. The van der Waals surface area contributed by atoms with Gasteiger partial charge >= 0.3 is 0 Å². The third kappa shape index (κ3) is 5.72. The topological polar surface area (TPSA) is 198 Å². The van der Waals surface area contributed by atoms with Crippen LogP contribution in [0.1, 0.15) is 110 Å². The Morgan fingerprint density at radius 2 is 1.76 bits per heavy atom. The summed E-state index contributed by atoms with van der Waals surface area (Å²) in [5, 5.41) is 77.2. The molecule has 7 bridgehead atoms. The molecule has 7 N–H and O–H groups in total. The van der Waals surface area contributed by atoms with Crippen LogP contribution in [0, 0.1) is 57.7 Å². The number of nitrogens with zero attached hydrogens (tertiary/aromatic N) is 1. The first-order valence-corrected chi connectivity index (χ1v) is 22.4. The van der Waals surface area contributed by atoms with Crippen LogP contribution in [0.2, 0.25) is 0 Å². The molecule has 5 heterocycles. The van der Waals surface area contributed by atoms with Gasteiger partial charge in [0, 0.05) is 63.1 Å². The van der Waals surface area contributed by atoms with Crippen LogP contribution in [0.4, 0.5) is 0 Å². The highest BCUT2D eigenvalue weighted by Crippen LogP contribution is 2.76. The molecule has 10 aliphatic rings. The van der Waals surface area contributed by atoms with Crippen LogP contribution >= 0.6 is 0 Å². The molecule has 5 aliphatic carbocycles. The molecule has 0 radical (unpaired) electrons. The molecule has 1 spiro atoms.